The third-order valence-corrected chi connectivity index (χ3v) is 3.94. The smallest absolute Gasteiger partial charge is 0.290 e. The SMILES string of the molecule is CCOC(C)(C)C(=O)N(C)Cc1ccc2c(c1)CN(C)C2.O=CO. The maximum absolute atomic E-state index is 12.4. The molecule has 0 aliphatic carbocycles. The number of rotatable bonds is 5. The summed E-state index contributed by atoms with van der Waals surface area (Å²) >= 11 is 0. The Labute approximate surface area is 144 Å². The molecule has 134 valence electrons. The number of carboxylic acid groups (broad SMARTS) is 1. The Hall–Kier alpha value is -1.92. The van der Waals surface area contributed by atoms with Crippen molar-refractivity contribution in [3.05, 3.63) is 34.9 Å². The molecule has 2 rings (SSSR count). The number of ether oxygens (including phenoxy) is 1. The van der Waals surface area contributed by atoms with Crippen molar-refractivity contribution in [2.75, 3.05) is 20.7 Å². The van der Waals surface area contributed by atoms with Crippen LogP contribution in [0.25, 0.3) is 0 Å². The summed E-state index contributed by atoms with van der Waals surface area (Å²) in [5.41, 5.74) is 3.18. The Morgan fingerprint density at radius 3 is 2.54 bits per heavy atom. The van der Waals surface area contributed by atoms with Crippen LogP contribution in [-0.4, -0.2) is 53.6 Å². The van der Waals surface area contributed by atoms with Crippen LogP contribution in [0.3, 0.4) is 0 Å². The van der Waals surface area contributed by atoms with Crippen LogP contribution in [-0.2, 0) is 34.0 Å². The minimum Gasteiger partial charge on any atom is -0.483 e. The largest absolute Gasteiger partial charge is 0.483 e. The van der Waals surface area contributed by atoms with Gasteiger partial charge in [-0.25, -0.2) is 0 Å². The predicted octanol–water partition coefficient (Wildman–Crippen LogP) is 2.11. The highest BCUT2D eigenvalue weighted by molar-refractivity contribution is 5.84. The molecule has 1 aromatic carbocycles. The number of carbonyl (C=O) groups excluding carboxylic acids is 1. The summed E-state index contributed by atoms with van der Waals surface area (Å²) in [7, 11) is 3.96. The normalized spacial score (nSPS) is 13.7. The maximum Gasteiger partial charge on any atom is 0.290 e. The van der Waals surface area contributed by atoms with Gasteiger partial charge in [0.15, 0.2) is 0 Å². The second kappa shape index (κ2) is 8.80. The predicted molar refractivity (Wildman–Crippen MR) is 92.5 cm³/mol. The maximum atomic E-state index is 12.4. The van der Waals surface area contributed by atoms with Gasteiger partial charge in [-0.1, -0.05) is 18.2 Å². The van der Waals surface area contributed by atoms with Crippen molar-refractivity contribution in [1.29, 1.82) is 0 Å². The van der Waals surface area contributed by atoms with E-state index in [1.165, 1.54) is 16.7 Å². The van der Waals surface area contributed by atoms with E-state index in [-0.39, 0.29) is 12.4 Å². The van der Waals surface area contributed by atoms with Crippen molar-refractivity contribution in [3.63, 3.8) is 0 Å². The molecule has 1 aromatic rings. The monoisotopic (exact) mass is 336 g/mol. The van der Waals surface area contributed by atoms with Gasteiger partial charge in [0.05, 0.1) is 0 Å². The molecule has 0 saturated carbocycles. The molecule has 1 aliphatic rings. The first-order valence-electron chi connectivity index (χ1n) is 8.01. The van der Waals surface area contributed by atoms with Crippen LogP contribution in [0.5, 0.6) is 0 Å². The average Bonchev–Trinajstić information content (AvgIpc) is 2.86. The highest BCUT2D eigenvalue weighted by atomic mass is 16.5. The Kier molecular flexibility index (Phi) is 7.38. The molecule has 0 saturated heterocycles. The molecular weight excluding hydrogens is 308 g/mol. The molecular formula is C18H28N2O4. The first-order valence-corrected chi connectivity index (χ1v) is 8.01. The van der Waals surface area contributed by atoms with E-state index >= 15 is 0 Å². The number of hydrogen-bond acceptors (Lipinski definition) is 4. The van der Waals surface area contributed by atoms with E-state index in [0.29, 0.717) is 13.2 Å². The summed E-state index contributed by atoms with van der Waals surface area (Å²) in [6, 6.07) is 6.52. The Morgan fingerprint density at radius 2 is 1.96 bits per heavy atom. The first-order chi connectivity index (χ1) is 11.2. The number of amides is 1. The molecule has 6 nitrogen and oxygen atoms in total. The van der Waals surface area contributed by atoms with Crippen molar-refractivity contribution < 1.29 is 19.4 Å². The number of likely N-dealkylation sites (N-methyl/N-ethyl adjacent to an activating group) is 1. The van der Waals surface area contributed by atoms with Gasteiger partial charge in [0, 0.05) is 33.3 Å². The average molecular weight is 336 g/mol. The van der Waals surface area contributed by atoms with Crippen LogP contribution < -0.4 is 0 Å². The molecule has 0 spiro atoms. The molecule has 6 heteroatoms. The van der Waals surface area contributed by atoms with Crippen LogP contribution in [0, 0.1) is 0 Å². The third-order valence-electron chi connectivity index (χ3n) is 3.94. The van der Waals surface area contributed by atoms with Crippen molar-refractivity contribution in [1.82, 2.24) is 9.80 Å². The number of nitrogens with zero attached hydrogens (tertiary/aromatic N) is 2. The highest BCUT2D eigenvalue weighted by Gasteiger charge is 2.31. The van der Waals surface area contributed by atoms with E-state index < -0.39 is 5.60 Å². The van der Waals surface area contributed by atoms with E-state index in [1.54, 1.807) is 4.90 Å². The standard InChI is InChI=1S/C17H26N2O2.CH2O2/c1-6-21-17(2,3)16(20)19(5)10-13-7-8-14-11-18(4)12-15(14)9-13;2-1-3/h7-9H,6,10-12H2,1-5H3;1H,(H,2,3). The minimum atomic E-state index is -0.763. The van der Waals surface area contributed by atoms with Crippen molar-refractivity contribution in [2.24, 2.45) is 0 Å². The third kappa shape index (κ3) is 5.32. The van der Waals surface area contributed by atoms with Crippen LogP contribution in [0.2, 0.25) is 0 Å². The quantitative estimate of drug-likeness (QED) is 0.834. The van der Waals surface area contributed by atoms with Gasteiger partial charge >= 0.3 is 0 Å². The van der Waals surface area contributed by atoms with Gasteiger partial charge in [-0.3, -0.25) is 14.5 Å². The highest BCUT2D eigenvalue weighted by Crippen LogP contribution is 2.23. The first kappa shape index (κ1) is 20.1. The Morgan fingerprint density at radius 1 is 1.38 bits per heavy atom. The Bertz CT molecular complexity index is 572. The summed E-state index contributed by atoms with van der Waals surface area (Å²) in [4.78, 5) is 24.8. The van der Waals surface area contributed by atoms with Gasteiger partial charge in [-0.05, 0) is 44.5 Å². The fourth-order valence-electron chi connectivity index (χ4n) is 2.94. The second-order valence-corrected chi connectivity index (χ2v) is 6.49. The zero-order valence-corrected chi connectivity index (χ0v) is 15.2. The lowest BCUT2D eigenvalue weighted by Gasteiger charge is -2.29. The molecule has 0 bridgehead atoms. The zero-order chi connectivity index (χ0) is 18.3. The molecule has 24 heavy (non-hydrogen) atoms. The van der Waals surface area contributed by atoms with Crippen LogP contribution in [0.4, 0.5) is 0 Å². The number of carbonyl (C=O) groups is 2. The van der Waals surface area contributed by atoms with Crippen LogP contribution in [0.15, 0.2) is 18.2 Å². The summed E-state index contributed by atoms with van der Waals surface area (Å²) in [5, 5.41) is 6.89. The summed E-state index contributed by atoms with van der Waals surface area (Å²) in [6.45, 7) is 8.48. The van der Waals surface area contributed by atoms with Gasteiger partial charge in [0.25, 0.3) is 12.4 Å². The molecule has 0 unspecified atom stereocenters. The van der Waals surface area contributed by atoms with Crippen molar-refractivity contribution >= 4 is 12.4 Å². The second-order valence-electron chi connectivity index (χ2n) is 6.49. The van der Waals surface area contributed by atoms with Crippen molar-refractivity contribution in [3.8, 4) is 0 Å². The summed E-state index contributed by atoms with van der Waals surface area (Å²) in [6.07, 6.45) is 0. The fourth-order valence-corrected chi connectivity index (χ4v) is 2.94. The van der Waals surface area contributed by atoms with E-state index in [4.69, 9.17) is 14.6 Å². The zero-order valence-electron chi connectivity index (χ0n) is 15.2. The lowest BCUT2D eigenvalue weighted by atomic mass is 10.0. The summed E-state index contributed by atoms with van der Waals surface area (Å²) < 4.78 is 5.54. The minimum absolute atomic E-state index is 0.0157. The van der Waals surface area contributed by atoms with Crippen molar-refractivity contribution in [2.45, 2.75) is 46.0 Å². The molecule has 1 N–H and O–H groups in total. The molecule has 0 fully saturated rings. The van der Waals surface area contributed by atoms with Gasteiger partial charge in [0.1, 0.15) is 5.60 Å². The van der Waals surface area contributed by atoms with Gasteiger partial charge in [-0.2, -0.15) is 0 Å². The lowest BCUT2D eigenvalue weighted by Crippen LogP contribution is -2.44. The van der Waals surface area contributed by atoms with Gasteiger partial charge < -0.3 is 14.7 Å². The van der Waals surface area contributed by atoms with Gasteiger partial charge in [0.2, 0.25) is 0 Å². The molecule has 0 aromatic heterocycles. The van der Waals surface area contributed by atoms with E-state index in [2.05, 4.69) is 30.1 Å². The lowest BCUT2D eigenvalue weighted by molar-refractivity contribution is -0.152. The summed E-state index contributed by atoms with van der Waals surface area (Å²) in [5.74, 6) is 0.0157. The molecule has 1 aliphatic heterocycles. The van der Waals surface area contributed by atoms with E-state index in [1.807, 2.05) is 27.8 Å². The molecule has 0 radical (unpaired) electrons. The Balaban J connectivity index is 0.000000891. The molecule has 0 atom stereocenters. The van der Waals surface area contributed by atoms with E-state index in [0.717, 1.165) is 13.1 Å². The fraction of sp³-hybridized carbons (Fsp3) is 0.556. The van der Waals surface area contributed by atoms with Gasteiger partial charge in [-0.15, -0.1) is 0 Å². The number of benzene rings is 1. The topological polar surface area (TPSA) is 70.1 Å². The molecule has 1 amide bonds. The van der Waals surface area contributed by atoms with Crippen LogP contribution >= 0.6 is 0 Å². The number of hydrogen-bond donors (Lipinski definition) is 1. The molecule has 1 heterocycles. The van der Waals surface area contributed by atoms with Crippen LogP contribution in [0.1, 0.15) is 37.5 Å². The van der Waals surface area contributed by atoms with E-state index in [9.17, 15) is 4.79 Å². The number of fused-ring (bicyclic) bond motifs is 1.